The Morgan fingerprint density at radius 2 is 0.627 bits per heavy atom. The molecule has 11 rings (SSSR count). The van der Waals surface area contributed by atoms with Crippen molar-refractivity contribution < 1.29 is 4.42 Å². The van der Waals surface area contributed by atoms with Crippen LogP contribution in [-0.4, -0.2) is 0 Å². The fraction of sp³-hybridized carbons (Fsp3) is 0. The summed E-state index contributed by atoms with van der Waals surface area (Å²) in [6.07, 6.45) is 0. The van der Waals surface area contributed by atoms with Crippen molar-refractivity contribution in [3.8, 4) is 33.4 Å². The summed E-state index contributed by atoms with van der Waals surface area (Å²) >= 11 is 0. The molecule has 0 spiro atoms. The van der Waals surface area contributed by atoms with Crippen molar-refractivity contribution in [1.82, 2.24) is 0 Å². The largest absolute Gasteiger partial charge is 0.456 e. The molecule has 11 aromatic rings. The van der Waals surface area contributed by atoms with Gasteiger partial charge in [0.2, 0.25) is 0 Å². The molecule has 0 aliphatic rings. The lowest BCUT2D eigenvalue weighted by atomic mass is 9.81. The van der Waals surface area contributed by atoms with Crippen LogP contribution in [0.25, 0.3) is 109 Å². The summed E-state index contributed by atoms with van der Waals surface area (Å²) in [5, 5.41) is 14.7. The van der Waals surface area contributed by atoms with Crippen LogP contribution in [0.1, 0.15) is 0 Å². The number of rotatable bonds is 3. The summed E-state index contributed by atoms with van der Waals surface area (Å²) in [5.41, 5.74) is 9.27. The molecule has 0 radical (unpaired) electrons. The van der Waals surface area contributed by atoms with Crippen LogP contribution < -0.4 is 0 Å². The van der Waals surface area contributed by atoms with Crippen LogP contribution in [0.4, 0.5) is 0 Å². The summed E-state index contributed by atoms with van der Waals surface area (Å²) < 4.78 is 6.58. The Labute approximate surface area is 294 Å². The van der Waals surface area contributed by atoms with Crippen molar-refractivity contribution in [3.63, 3.8) is 0 Å². The quantitative estimate of drug-likeness (QED) is 0.174. The van der Waals surface area contributed by atoms with Crippen LogP contribution in [0.3, 0.4) is 0 Å². The first-order chi connectivity index (χ1) is 25.3. The maximum atomic E-state index is 6.58. The lowest BCUT2D eigenvalue weighted by Gasteiger charge is -2.22. The Bertz CT molecular complexity index is 3070. The SMILES string of the molecule is c1ccc(-c2c3ccccc3c(-c3c4ccccc4c(-c4ccc5c(c4)oc4cc6ccccc6cc45)c4ccccc34)c3ccccc23)cc1. The summed E-state index contributed by atoms with van der Waals surface area (Å²) in [5.74, 6) is 0. The summed E-state index contributed by atoms with van der Waals surface area (Å²) in [6.45, 7) is 0. The average molecular weight is 647 g/mol. The molecule has 0 N–H and O–H groups in total. The fourth-order valence-corrected chi connectivity index (χ4v) is 8.64. The third-order valence-electron chi connectivity index (χ3n) is 10.8. The van der Waals surface area contributed by atoms with Gasteiger partial charge in [0.25, 0.3) is 0 Å². The van der Waals surface area contributed by atoms with E-state index in [1.165, 1.54) is 81.7 Å². The number of benzene rings is 10. The van der Waals surface area contributed by atoms with Gasteiger partial charge < -0.3 is 4.42 Å². The smallest absolute Gasteiger partial charge is 0.136 e. The molecule has 0 unspecified atom stereocenters. The lowest BCUT2D eigenvalue weighted by Crippen LogP contribution is -1.94. The highest BCUT2D eigenvalue weighted by atomic mass is 16.3. The Hall–Kier alpha value is -6.70. The Kier molecular flexibility index (Phi) is 6.02. The molecule has 0 saturated carbocycles. The second-order valence-corrected chi connectivity index (χ2v) is 13.6. The molecule has 1 heteroatoms. The van der Waals surface area contributed by atoms with E-state index < -0.39 is 0 Å². The second kappa shape index (κ2) is 10.9. The van der Waals surface area contributed by atoms with Crippen LogP contribution >= 0.6 is 0 Å². The first-order valence-corrected chi connectivity index (χ1v) is 17.6. The van der Waals surface area contributed by atoms with Crippen LogP contribution in [-0.2, 0) is 0 Å². The van der Waals surface area contributed by atoms with Gasteiger partial charge in [-0.1, -0.05) is 158 Å². The maximum absolute atomic E-state index is 6.58. The minimum Gasteiger partial charge on any atom is -0.456 e. The molecule has 0 aliphatic carbocycles. The van der Waals surface area contributed by atoms with E-state index in [9.17, 15) is 0 Å². The molecule has 0 bridgehead atoms. The Morgan fingerprint density at radius 1 is 0.235 bits per heavy atom. The summed E-state index contributed by atoms with van der Waals surface area (Å²) in [7, 11) is 0. The Balaban J connectivity index is 1.24. The van der Waals surface area contributed by atoms with Crippen molar-refractivity contribution in [2.45, 2.75) is 0 Å². The van der Waals surface area contributed by atoms with Gasteiger partial charge in [-0.3, -0.25) is 0 Å². The number of hydrogen-bond acceptors (Lipinski definition) is 1. The van der Waals surface area contributed by atoms with Crippen molar-refractivity contribution in [3.05, 3.63) is 182 Å². The molecule has 0 atom stereocenters. The molecule has 0 fully saturated rings. The highest BCUT2D eigenvalue weighted by Crippen LogP contribution is 2.50. The number of hydrogen-bond donors (Lipinski definition) is 0. The molecule has 0 saturated heterocycles. The first kappa shape index (κ1) is 28.2. The van der Waals surface area contributed by atoms with E-state index in [4.69, 9.17) is 4.42 Å². The molecule has 0 amide bonds. The Morgan fingerprint density at radius 3 is 1.14 bits per heavy atom. The predicted octanol–water partition coefficient (Wildman–Crippen LogP) is 14.4. The fourth-order valence-electron chi connectivity index (χ4n) is 8.64. The van der Waals surface area contributed by atoms with Gasteiger partial charge in [0.15, 0.2) is 0 Å². The van der Waals surface area contributed by atoms with Gasteiger partial charge in [0.1, 0.15) is 11.2 Å². The van der Waals surface area contributed by atoms with Gasteiger partial charge >= 0.3 is 0 Å². The van der Waals surface area contributed by atoms with Gasteiger partial charge in [-0.2, -0.15) is 0 Å². The van der Waals surface area contributed by atoms with E-state index in [0.717, 1.165) is 27.5 Å². The molecular weight excluding hydrogens is 617 g/mol. The molecule has 236 valence electrons. The van der Waals surface area contributed by atoms with E-state index >= 15 is 0 Å². The van der Waals surface area contributed by atoms with Gasteiger partial charge in [-0.15, -0.1) is 0 Å². The van der Waals surface area contributed by atoms with Gasteiger partial charge in [0.05, 0.1) is 0 Å². The minimum absolute atomic E-state index is 0.906. The van der Waals surface area contributed by atoms with Crippen LogP contribution in [0.5, 0.6) is 0 Å². The van der Waals surface area contributed by atoms with Gasteiger partial charge in [-0.05, 0) is 112 Å². The second-order valence-electron chi connectivity index (χ2n) is 13.6. The zero-order valence-electron chi connectivity index (χ0n) is 27.7. The number of fused-ring (bicyclic) bond motifs is 8. The van der Waals surface area contributed by atoms with Crippen molar-refractivity contribution in [2.75, 3.05) is 0 Å². The third-order valence-corrected chi connectivity index (χ3v) is 10.8. The van der Waals surface area contributed by atoms with E-state index in [0.29, 0.717) is 0 Å². The van der Waals surface area contributed by atoms with E-state index in [1.54, 1.807) is 0 Å². The average Bonchev–Trinajstić information content (AvgIpc) is 3.55. The molecule has 1 nitrogen and oxygen atoms in total. The molecule has 0 aliphatic heterocycles. The van der Waals surface area contributed by atoms with E-state index in [-0.39, 0.29) is 0 Å². The molecule has 1 aromatic heterocycles. The van der Waals surface area contributed by atoms with Crippen LogP contribution in [0.15, 0.2) is 186 Å². The third kappa shape index (κ3) is 4.16. The zero-order valence-corrected chi connectivity index (χ0v) is 27.7. The summed E-state index contributed by atoms with van der Waals surface area (Å²) in [6, 6.07) is 66.3. The monoisotopic (exact) mass is 646 g/mol. The summed E-state index contributed by atoms with van der Waals surface area (Å²) in [4.78, 5) is 0. The lowest BCUT2D eigenvalue weighted by molar-refractivity contribution is 0.669. The molecule has 1 heterocycles. The molecule has 10 aromatic carbocycles. The van der Waals surface area contributed by atoms with Crippen molar-refractivity contribution in [2.24, 2.45) is 0 Å². The van der Waals surface area contributed by atoms with E-state index in [1.807, 2.05) is 0 Å². The molecular formula is C50H30O. The van der Waals surface area contributed by atoms with Crippen LogP contribution in [0.2, 0.25) is 0 Å². The minimum atomic E-state index is 0.906. The molecule has 51 heavy (non-hydrogen) atoms. The highest BCUT2D eigenvalue weighted by Gasteiger charge is 2.22. The zero-order chi connectivity index (χ0) is 33.5. The van der Waals surface area contributed by atoms with Crippen molar-refractivity contribution >= 4 is 75.8 Å². The number of furan rings is 1. The van der Waals surface area contributed by atoms with E-state index in [2.05, 4.69) is 182 Å². The maximum Gasteiger partial charge on any atom is 0.136 e. The standard InChI is InChI=1S/C50H30O/c1-2-14-31(15-3-1)47-36-18-6-10-22-40(36)49(41-23-11-7-19-37(41)47)50-42-24-12-8-20-38(42)48(39-21-9-13-25-43(39)50)34-26-27-35-44-28-32-16-4-5-17-33(32)29-46(44)51-45(35)30-34/h1-30H. The van der Waals surface area contributed by atoms with Gasteiger partial charge in [0, 0.05) is 10.8 Å². The first-order valence-electron chi connectivity index (χ1n) is 17.6. The van der Waals surface area contributed by atoms with Gasteiger partial charge in [-0.25, -0.2) is 0 Å². The van der Waals surface area contributed by atoms with Crippen molar-refractivity contribution in [1.29, 1.82) is 0 Å². The highest BCUT2D eigenvalue weighted by molar-refractivity contribution is 6.30. The van der Waals surface area contributed by atoms with Crippen LogP contribution in [0, 0.1) is 0 Å². The normalized spacial score (nSPS) is 11.9. The predicted molar refractivity (Wildman–Crippen MR) is 218 cm³/mol. The topological polar surface area (TPSA) is 13.1 Å².